The molecule has 0 bridgehead atoms. The Labute approximate surface area is 595 Å². The number of rotatable bonds is 66. The second-order valence-electron chi connectivity index (χ2n) is 29.6. The van der Waals surface area contributed by atoms with E-state index in [-0.39, 0.29) is 18.9 Å². The number of allylic oxidation sites excluding steroid dienone is 2. The molecule has 3 saturated heterocycles. The molecule has 17 atom stereocenters. The minimum Gasteiger partial charge on any atom is -0.394 e. The van der Waals surface area contributed by atoms with Gasteiger partial charge in [-0.25, -0.2) is 0 Å². The van der Waals surface area contributed by atoms with Crippen LogP contribution in [0, 0.1) is 0 Å². The molecule has 3 rings (SSSR count). The number of hydrogen-bond acceptors (Lipinski definition) is 18. The van der Waals surface area contributed by atoms with Gasteiger partial charge < -0.3 is 89.9 Å². The highest BCUT2D eigenvalue weighted by Gasteiger charge is 2.54. The highest BCUT2D eigenvalue weighted by Crippen LogP contribution is 2.33. The summed E-state index contributed by atoms with van der Waals surface area (Å²) in [5.74, 6) is -0.235. The van der Waals surface area contributed by atoms with Crippen molar-refractivity contribution in [3.63, 3.8) is 0 Å². The molecule has 0 aromatic heterocycles. The smallest absolute Gasteiger partial charge is 0.220 e. The number of carbonyl (C=O) groups is 1. The predicted molar refractivity (Wildman–Crippen MR) is 388 cm³/mol. The molecular formula is C79H151NO18. The number of carbonyl (C=O) groups excluding carboxylic acids is 1. The fourth-order valence-corrected chi connectivity index (χ4v) is 14.3. The molecule has 0 aliphatic carbocycles. The first-order valence-corrected chi connectivity index (χ1v) is 40.9. The van der Waals surface area contributed by atoms with E-state index >= 15 is 0 Å². The predicted octanol–water partition coefficient (Wildman–Crippen LogP) is 13.6. The molecular weight excluding hydrogens is 1250 g/mol. The number of ether oxygens (including phenoxy) is 6. The summed E-state index contributed by atoms with van der Waals surface area (Å²) in [6.07, 6.45) is 44.9. The Bertz CT molecular complexity index is 1820. The second-order valence-corrected chi connectivity index (χ2v) is 29.6. The molecule has 12 N–H and O–H groups in total. The summed E-state index contributed by atoms with van der Waals surface area (Å²) in [4.78, 5) is 13.5. The second kappa shape index (κ2) is 60.8. The molecule has 19 heteroatoms. The fourth-order valence-electron chi connectivity index (χ4n) is 14.3. The van der Waals surface area contributed by atoms with E-state index in [2.05, 4.69) is 31.3 Å². The molecule has 0 aromatic rings. The third-order valence-corrected chi connectivity index (χ3v) is 20.8. The van der Waals surface area contributed by atoms with E-state index in [1.54, 1.807) is 0 Å². The van der Waals surface area contributed by atoms with Crippen molar-refractivity contribution in [2.75, 3.05) is 26.4 Å². The summed E-state index contributed by atoms with van der Waals surface area (Å²) >= 11 is 0. The lowest BCUT2D eigenvalue weighted by molar-refractivity contribution is -0.379. The molecule has 19 nitrogen and oxygen atoms in total. The number of nitrogens with one attached hydrogen (secondary N) is 1. The zero-order chi connectivity index (χ0) is 71.1. The Morgan fingerprint density at radius 3 is 0.990 bits per heavy atom. The van der Waals surface area contributed by atoms with Crippen LogP contribution >= 0.6 is 0 Å². The molecule has 0 aromatic carbocycles. The van der Waals surface area contributed by atoms with Gasteiger partial charge in [0.25, 0.3) is 0 Å². The number of aliphatic hydroxyl groups is 11. The SMILES string of the molecule is CCCCCCCCCC/C=C\CCCCCCCCCCCCCCCCCCCCCCCCCCCCCC(=O)NC(COC1OC(CO)C(OC2OC(CO)C(OC3OC(CO)C(O)C(O)C3O)C(O)C2O)C(O)C1O)C(O)CCCCCCCCCCCCCCCC. The first-order chi connectivity index (χ1) is 47.8. The molecule has 0 spiro atoms. The van der Waals surface area contributed by atoms with Crippen LogP contribution in [0.15, 0.2) is 12.2 Å². The van der Waals surface area contributed by atoms with Gasteiger partial charge >= 0.3 is 0 Å². The van der Waals surface area contributed by atoms with Crippen LogP contribution in [0.2, 0.25) is 0 Å². The van der Waals surface area contributed by atoms with Gasteiger partial charge in [0.1, 0.15) is 73.2 Å². The van der Waals surface area contributed by atoms with Crippen molar-refractivity contribution in [3.8, 4) is 0 Å². The lowest BCUT2D eigenvalue weighted by atomic mass is 9.96. The van der Waals surface area contributed by atoms with Crippen LogP contribution < -0.4 is 5.32 Å². The average Bonchev–Trinajstić information content (AvgIpc) is 0.785. The Kier molecular flexibility index (Phi) is 56.3. The maximum atomic E-state index is 13.5. The van der Waals surface area contributed by atoms with Gasteiger partial charge in [-0.2, -0.15) is 0 Å². The van der Waals surface area contributed by atoms with Crippen LogP contribution in [0.1, 0.15) is 354 Å². The Morgan fingerprint density at radius 2 is 0.643 bits per heavy atom. The highest BCUT2D eigenvalue weighted by molar-refractivity contribution is 5.76. The van der Waals surface area contributed by atoms with Crippen molar-refractivity contribution in [1.82, 2.24) is 5.32 Å². The van der Waals surface area contributed by atoms with Crippen LogP contribution in [0.4, 0.5) is 0 Å². The van der Waals surface area contributed by atoms with E-state index in [1.807, 2.05) is 0 Å². The number of unbranched alkanes of at least 4 members (excludes halogenated alkanes) is 48. The fraction of sp³-hybridized carbons (Fsp3) is 0.962. The monoisotopic (exact) mass is 1400 g/mol. The third kappa shape index (κ3) is 40.7. The molecule has 3 heterocycles. The standard InChI is InChI=1S/C79H151NO18/c1-3-5-7-9-11-13-15-17-19-20-21-22-23-24-25-26-27-28-29-30-31-32-33-34-35-36-37-38-39-40-41-42-43-45-47-49-51-53-55-57-67(85)80-62(63(84)56-54-52-50-48-46-44-18-16-14-12-10-8-6-4-2)61-93-77-73(91)70(88)75(65(59-82)95-77)98-79-74(92)71(89)76(66(60-83)96-79)97-78-72(90)69(87)68(86)64(58-81)94-78/h20-21,62-66,68-79,81-84,86-92H,3-19,22-61H2,1-2H3,(H,80,85)/b21-20-. The van der Waals surface area contributed by atoms with Gasteiger partial charge in [-0.15, -0.1) is 0 Å². The highest BCUT2D eigenvalue weighted by atomic mass is 16.8. The summed E-state index contributed by atoms with van der Waals surface area (Å²) in [5.41, 5.74) is 0. The van der Waals surface area contributed by atoms with Gasteiger partial charge in [0.15, 0.2) is 18.9 Å². The van der Waals surface area contributed by atoms with E-state index in [9.17, 15) is 61.0 Å². The largest absolute Gasteiger partial charge is 0.394 e. The molecule has 3 aliphatic rings. The summed E-state index contributed by atoms with van der Waals surface area (Å²) in [6.45, 7) is 1.84. The van der Waals surface area contributed by atoms with E-state index in [1.165, 1.54) is 276 Å². The van der Waals surface area contributed by atoms with Gasteiger partial charge in [0, 0.05) is 6.42 Å². The molecule has 3 fully saturated rings. The van der Waals surface area contributed by atoms with Gasteiger partial charge in [-0.05, 0) is 38.5 Å². The van der Waals surface area contributed by atoms with Crippen LogP contribution in [-0.2, 0) is 33.2 Å². The van der Waals surface area contributed by atoms with Crippen molar-refractivity contribution in [1.29, 1.82) is 0 Å². The topological polar surface area (TPSA) is 307 Å². The normalized spacial score (nSPS) is 26.7. The zero-order valence-corrected chi connectivity index (χ0v) is 62.1. The molecule has 580 valence electrons. The number of amides is 1. The Balaban J connectivity index is 1.27. The summed E-state index contributed by atoms with van der Waals surface area (Å²) in [7, 11) is 0. The zero-order valence-electron chi connectivity index (χ0n) is 62.1. The van der Waals surface area contributed by atoms with E-state index in [0.717, 1.165) is 44.9 Å². The number of aliphatic hydroxyl groups excluding tert-OH is 11. The van der Waals surface area contributed by atoms with Crippen LogP contribution in [0.25, 0.3) is 0 Å². The summed E-state index contributed by atoms with van der Waals surface area (Å²) in [6, 6.07) is -0.883. The van der Waals surface area contributed by atoms with Crippen LogP contribution in [0.5, 0.6) is 0 Å². The average molecular weight is 1400 g/mol. The van der Waals surface area contributed by atoms with Crippen molar-refractivity contribution < 1.29 is 89.4 Å². The summed E-state index contributed by atoms with van der Waals surface area (Å²) < 4.78 is 34.5. The minimum absolute atomic E-state index is 0.235. The molecule has 0 radical (unpaired) electrons. The number of hydrogen-bond donors (Lipinski definition) is 12. The van der Waals surface area contributed by atoms with Crippen LogP contribution in [-0.4, -0.2) is 193 Å². The molecule has 17 unspecified atom stereocenters. The first-order valence-electron chi connectivity index (χ1n) is 40.9. The lowest BCUT2D eigenvalue weighted by Gasteiger charge is -2.48. The van der Waals surface area contributed by atoms with Crippen molar-refractivity contribution in [3.05, 3.63) is 12.2 Å². The van der Waals surface area contributed by atoms with Crippen molar-refractivity contribution in [2.24, 2.45) is 0 Å². The quantitative estimate of drug-likeness (QED) is 0.0199. The Morgan fingerprint density at radius 1 is 0.357 bits per heavy atom. The maximum absolute atomic E-state index is 13.5. The molecule has 3 aliphatic heterocycles. The van der Waals surface area contributed by atoms with Gasteiger partial charge in [-0.1, -0.05) is 321 Å². The van der Waals surface area contributed by atoms with Crippen molar-refractivity contribution >= 4 is 5.91 Å². The van der Waals surface area contributed by atoms with E-state index < -0.39 is 124 Å². The van der Waals surface area contributed by atoms with E-state index in [4.69, 9.17) is 28.4 Å². The van der Waals surface area contributed by atoms with Crippen molar-refractivity contribution in [2.45, 2.75) is 458 Å². The first kappa shape index (κ1) is 90.7. The van der Waals surface area contributed by atoms with Crippen LogP contribution in [0.3, 0.4) is 0 Å². The third-order valence-electron chi connectivity index (χ3n) is 20.8. The van der Waals surface area contributed by atoms with E-state index in [0.29, 0.717) is 12.8 Å². The lowest BCUT2D eigenvalue weighted by Crippen LogP contribution is -2.66. The molecule has 98 heavy (non-hydrogen) atoms. The van der Waals surface area contributed by atoms with Gasteiger partial charge in [-0.3, -0.25) is 4.79 Å². The minimum atomic E-state index is -1.97. The molecule has 0 saturated carbocycles. The Hall–Kier alpha value is -1.47. The van der Waals surface area contributed by atoms with Gasteiger partial charge in [0.05, 0.1) is 38.6 Å². The maximum Gasteiger partial charge on any atom is 0.220 e. The van der Waals surface area contributed by atoms with Gasteiger partial charge in [0.2, 0.25) is 5.91 Å². The summed E-state index contributed by atoms with van der Waals surface area (Å²) in [5, 5.41) is 121. The molecule has 1 amide bonds.